The number of carboxylic acids is 1. The number of fused-ring (bicyclic) bond motifs is 1. The van der Waals surface area contributed by atoms with E-state index in [1.807, 2.05) is 6.92 Å². The fraction of sp³-hybridized carbons (Fsp3) is 0.217. The smallest absolute Gasteiger partial charge is 0.431 e. The summed E-state index contributed by atoms with van der Waals surface area (Å²) in [6, 6.07) is 10.0. The maximum atomic E-state index is 13.2. The highest BCUT2D eigenvalue weighted by Crippen LogP contribution is 2.38. The fourth-order valence-electron chi connectivity index (χ4n) is 3.57. The Hall–Kier alpha value is -3.93. The summed E-state index contributed by atoms with van der Waals surface area (Å²) in [7, 11) is 0.942. The van der Waals surface area contributed by atoms with Crippen LogP contribution in [0.3, 0.4) is 0 Å². The van der Waals surface area contributed by atoms with Gasteiger partial charge in [-0.1, -0.05) is 11.6 Å². The van der Waals surface area contributed by atoms with Crippen LogP contribution < -0.4 is 16.0 Å². The molecule has 0 saturated carbocycles. The van der Waals surface area contributed by atoms with Gasteiger partial charge in [-0.25, -0.2) is 14.2 Å². The summed E-state index contributed by atoms with van der Waals surface area (Å²) in [6.45, 7) is 3.22. The molecule has 1 N–H and O–H groups in total. The summed E-state index contributed by atoms with van der Waals surface area (Å²) >= 11 is 1.13. The summed E-state index contributed by atoms with van der Waals surface area (Å²) in [5, 5.41) is 9.74. The van der Waals surface area contributed by atoms with E-state index in [4.69, 9.17) is 4.74 Å². The van der Waals surface area contributed by atoms with Gasteiger partial charge in [0.25, 0.3) is 5.56 Å². The van der Waals surface area contributed by atoms with Crippen LogP contribution in [-0.4, -0.2) is 30.7 Å². The van der Waals surface area contributed by atoms with Crippen molar-refractivity contribution < 1.29 is 27.8 Å². The van der Waals surface area contributed by atoms with Gasteiger partial charge in [-0.3, -0.25) is 9.36 Å². The lowest BCUT2D eigenvalue weighted by atomic mass is 10.0. The lowest BCUT2D eigenvalue weighted by Crippen LogP contribution is -2.40. The summed E-state index contributed by atoms with van der Waals surface area (Å²) in [6.07, 6.45) is -6.00. The predicted molar refractivity (Wildman–Crippen MR) is 123 cm³/mol. The molecule has 2 aromatic carbocycles. The lowest BCUT2D eigenvalue weighted by molar-refractivity contribution is -0.144. The molecule has 2 heterocycles. The molecule has 182 valence electrons. The van der Waals surface area contributed by atoms with Crippen LogP contribution in [0.4, 0.5) is 13.2 Å². The molecular formula is C23H18F3N3O5S. The van der Waals surface area contributed by atoms with E-state index in [9.17, 15) is 32.7 Å². The molecule has 4 rings (SSSR count). The van der Waals surface area contributed by atoms with Crippen LogP contribution in [0.5, 0.6) is 5.75 Å². The number of hydrogen-bond donors (Lipinski definition) is 1. The van der Waals surface area contributed by atoms with E-state index in [1.165, 1.54) is 19.1 Å². The molecule has 2 aromatic heterocycles. The zero-order chi connectivity index (χ0) is 25.7. The highest BCUT2D eigenvalue weighted by atomic mass is 32.1. The van der Waals surface area contributed by atoms with Gasteiger partial charge in [0.15, 0.2) is 6.10 Å². The Morgan fingerprint density at radius 1 is 1.14 bits per heavy atom. The number of rotatable bonds is 5. The Morgan fingerprint density at radius 3 is 2.51 bits per heavy atom. The van der Waals surface area contributed by atoms with Gasteiger partial charge in [0.2, 0.25) is 0 Å². The van der Waals surface area contributed by atoms with Crippen molar-refractivity contribution in [1.82, 2.24) is 13.5 Å². The summed E-state index contributed by atoms with van der Waals surface area (Å²) in [5.41, 5.74) is -1.80. The van der Waals surface area contributed by atoms with Gasteiger partial charge >= 0.3 is 17.8 Å². The number of carboxylic acid groups (broad SMARTS) is 1. The van der Waals surface area contributed by atoms with Crippen molar-refractivity contribution in [3.05, 3.63) is 74.6 Å². The third-order valence-corrected chi connectivity index (χ3v) is 6.19. The molecule has 1 unspecified atom stereocenters. The monoisotopic (exact) mass is 505 g/mol. The predicted octanol–water partition coefficient (Wildman–Crippen LogP) is 3.99. The zero-order valence-electron chi connectivity index (χ0n) is 18.6. The number of benzene rings is 2. The van der Waals surface area contributed by atoms with Crippen LogP contribution in [0.2, 0.25) is 0 Å². The number of aliphatic carboxylic acids is 1. The maximum Gasteiger partial charge on any atom is 0.431 e. The highest BCUT2D eigenvalue weighted by molar-refractivity contribution is 7.13. The number of alkyl halides is 3. The van der Waals surface area contributed by atoms with Crippen molar-refractivity contribution in [2.75, 3.05) is 0 Å². The van der Waals surface area contributed by atoms with E-state index in [0.717, 1.165) is 24.1 Å². The molecule has 0 fully saturated rings. The van der Waals surface area contributed by atoms with E-state index in [1.54, 1.807) is 24.3 Å². The average Bonchev–Trinajstić information content (AvgIpc) is 3.20. The van der Waals surface area contributed by atoms with Gasteiger partial charge in [0, 0.05) is 24.1 Å². The molecule has 0 spiro atoms. The number of carbonyl (C=O) groups is 1. The normalized spacial score (nSPS) is 12.6. The minimum atomic E-state index is -4.87. The molecular weight excluding hydrogens is 487 g/mol. The minimum absolute atomic E-state index is 0.0623. The third kappa shape index (κ3) is 4.44. The molecule has 0 aliphatic rings. The van der Waals surface area contributed by atoms with Crippen LogP contribution in [0, 0.1) is 6.92 Å². The first-order valence-electron chi connectivity index (χ1n) is 10.2. The molecule has 35 heavy (non-hydrogen) atoms. The van der Waals surface area contributed by atoms with Crippen molar-refractivity contribution in [3.63, 3.8) is 0 Å². The maximum absolute atomic E-state index is 13.2. The zero-order valence-corrected chi connectivity index (χ0v) is 19.4. The van der Waals surface area contributed by atoms with Gasteiger partial charge in [0.05, 0.1) is 16.1 Å². The second-order valence-corrected chi connectivity index (χ2v) is 8.66. The van der Waals surface area contributed by atoms with Gasteiger partial charge < -0.3 is 9.84 Å². The van der Waals surface area contributed by atoms with Gasteiger partial charge in [-0.2, -0.15) is 17.5 Å². The Labute approximate surface area is 199 Å². The van der Waals surface area contributed by atoms with E-state index in [2.05, 4.69) is 4.37 Å². The van der Waals surface area contributed by atoms with Crippen molar-refractivity contribution in [2.45, 2.75) is 26.1 Å². The van der Waals surface area contributed by atoms with Gasteiger partial charge in [-0.15, -0.1) is 0 Å². The number of ether oxygens (including phenoxy) is 1. The van der Waals surface area contributed by atoms with E-state index in [-0.39, 0.29) is 11.4 Å². The second kappa shape index (κ2) is 8.69. The van der Waals surface area contributed by atoms with Crippen molar-refractivity contribution >= 4 is 27.6 Å². The van der Waals surface area contributed by atoms with Crippen LogP contribution >= 0.6 is 11.5 Å². The van der Waals surface area contributed by atoms with Crippen LogP contribution in [-0.2, 0) is 18.0 Å². The summed E-state index contributed by atoms with van der Waals surface area (Å²) < 4.78 is 51.4. The van der Waals surface area contributed by atoms with E-state index >= 15 is 0 Å². The minimum Gasteiger partial charge on any atom is -0.479 e. The lowest BCUT2D eigenvalue weighted by Gasteiger charge is -2.15. The molecule has 1 atom stereocenters. The molecule has 0 saturated heterocycles. The highest BCUT2D eigenvalue weighted by Gasteiger charge is 2.35. The van der Waals surface area contributed by atoms with E-state index in [0.29, 0.717) is 36.5 Å². The molecule has 8 nitrogen and oxygen atoms in total. The van der Waals surface area contributed by atoms with Crippen LogP contribution in [0.25, 0.3) is 27.0 Å². The van der Waals surface area contributed by atoms with Crippen molar-refractivity contribution in [2.24, 2.45) is 7.05 Å². The number of aryl methyl sites for hydroxylation is 1. The van der Waals surface area contributed by atoms with E-state index < -0.39 is 35.2 Å². The Morgan fingerprint density at radius 2 is 1.86 bits per heavy atom. The Balaban J connectivity index is 1.91. The Bertz CT molecular complexity index is 1590. The largest absolute Gasteiger partial charge is 0.479 e. The summed E-state index contributed by atoms with van der Waals surface area (Å²) in [5.74, 6) is -0.884. The third-order valence-electron chi connectivity index (χ3n) is 5.36. The standard InChI is InChI=1S/C23H18F3N3O5S/c1-11-4-6-16(34-12(2)21(31)32)14(8-11)20-15-9-13(5-7-17(15)35-27-20)29-19(30)10-18(23(24,25)26)28(3)22(29)33/h4-10,12H,1-3H3,(H,31,32). The molecule has 0 bridgehead atoms. The molecule has 0 aliphatic heterocycles. The molecule has 0 aliphatic carbocycles. The number of halogens is 3. The van der Waals surface area contributed by atoms with Crippen LogP contribution in [0.1, 0.15) is 18.2 Å². The number of aromatic nitrogens is 3. The average molecular weight is 505 g/mol. The van der Waals surface area contributed by atoms with Crippen molar-refractivity contribution in [1.29, 1.82) is 0 Å². The molecule has 12 heteroatoms. The first kappa shape index (κ1) is 24.2. The van der Waals surface area contributed by atoms with Gasteiger partial charge in [0.1, 0.15) is 11.4 Å². The SMILES string of the molecule is Cc1ccc(OC(C)C(=O)O)c(-c2nsc3ccc(-n4c(=O)cc(C(F)(F)F)n(C)c4=O)cc23)c1. The topological polar surface area (TPSA) is 103 Å². The number of hydrogen-bond acceptors (Lipinski definition) is 6. The molecule has 0 amide bonds. The first-order valence-corrected chi connectivity index (χ1v) is 11.0. The molecule has 4 aromatic rings. The van der Waals surface area contributed by atoms with Gasteiger partial charge in [-0.05, 0) is 55.7 Å². The quantitative estimate of drug-likeness (QED) is 0.440. The molecule has 0 radical (unpaired) electrons. The van der Waals surface area contributed by atoms with Crippen LogP contribution in [0.15, 0.2) is 52.1 Å². The second-order valence-electron chi connectivity index (χ2n) is 7.85. The summed E-state index contributed by atoms with van der Waals surface area (Å²) in [4.78, 5) is 36.5. The number of nitrogens with zero attached hydrogens (tertiary/aromatic N) is 3. The first-order chi connectivity index (χ1) is 16.4. The fourth-order valence-corrected chi connectivity index (χ4v) is 4.34. The van der Waals surface area contributed by atoms with Crippen molar-refractivity contribution in [3.8, 4) is 22.7 Å². The Kier molecular flexibility index (Phi) is 6.01.